The van der Waals surface area contributed by atoms with Gasteiger partial charge < -0.3 is 10.1 Å². The van der Waals surface area contributed by atoms with Crippen molar-refractivity contribution in [3.63, 3.8) is 0 Å². The van der Waals surface area contributed by atoms with Crippen molar-refractivity contribution >= 4 is 39.9 Å². The lowest BCUT2D eigenvalue weighted by molar-refractivity contribution is -0.119. The molecule has 0 spiro atoms. The number of aromatic nitrogens is 2. The molecule has 0 bridgehead atoms. The number of halogens is 2. The maximum absolute atomic E-state index is 13.4. The van der Waals surface area contributed by atoms with Crippen LogP contribution in [0.2, 0.25) is 0 Å². The zero-order valence-electron chi connectivity index (χ0n) is 19.1. The number of carbonyl (C=O) groups excluding carboxylic acids is 1. The zero-order chi connectivity index (χ0) is 24.0. The Kier molecular flexibility index (Phi) is 5.89. The lowest BCUT2D eigenvalue weighted by Crippen LogP contribution is -2.11. The summed E-state index contributed by atoms with van der Waals surface area (Å²) in [6.07, 6.45) is -0.663. The van der Waals surface area contributed by atoms with Crippen LogP contribution < -0.4 is 10.1 Å². The van der Waals surface area contributed by atoms with Gasteiger partial charge in [0.1, 0.15) is 22.2 Å². The molecule has 2 aromatic heterocycles. The van der Waals surface area contributed by atoms with Gasteiger partial charge in [-0.15, -0.1) is 11.3 Å². The predicted octanol–water partition coefficient (Wildman–Crippen LogP) is 5.99. The third-order valence-electron chi connectivity index (χ3n) is 6.11. The molecule has 9 heteroatoms. The second-order valence-corrected chi connectivity index (χ2v) is 9.86. The maximum atomic E-state index is 13.4. The quantitative estimate of drug-likeness (QED) is 0.427. The first-order chi connectivity index (χ1) is 16.3. The first kappa shape index (κ1) is 22.6. The molecule has 5 rings (SSSR count). The molecule has 1 aliphatic carbocycles. The minimum absolute atomic E-state index is 0.0219. The number of pyridine rings is 1. The number of hydrogen-bond acceptors (Lipinski definition) is 7. The number of ether oxygens (including phenoxy) is 1. The SMILES string of the molecule is COc1cc(-c2nc(C)c(C)s2)ccc1Nc1cc(CC(=O)C2CC2)nc2c1N=C(C(F)F)C2. The number of benzene rings is 1. The summed E-state index contributed by atoms with van der Waals surface area (Å²) in [4.78, 5) is 26.8. The summed E-state index contributed by atoms with van der Waals surface area (Å²) in [5.74, 6) is 0.827. The molecule has 3 heterocycles. The van der Waals surface area contributed by atoms with Gasteiger partial charge in [0.05, 0.1) is 41.3 Å². The summed E-state index contributed by atoms with van der Waals surface area (Å²) in [6.45, 7) is 4.01. The highest BCUT2D eigenvalue weighted by Crippen LogP contribution is 2.41. The molecule has 0 amide bonds. The topological polar surface area (TPSA) is 76.5 Å². The lowest BCUT2D eigenvalue weighted by atomic mass is 10.1. The number of fused-ring (bicyclic) bond motifs is 1. The number of aryl methyl sites for hydroxylation is 2. The van der Waals surface area contributed by atoms with Crippen molar-refractivity contribution in [3.8, 4) is 16.3 Å². The number of ketones is 1. The molecule has 1 aliphatic heterocycles. The highest BCUT2D eigenvalue weighted by Gasteiger charge is 2.31. The van der Waals surface area contributed by atoms with E-state index in [1.807, 2.05) is 32.0 Å². The van der Waals surface area contributed by atoms with Gasteiger partial charge in [-0.1, -0.05) is 0 Å². The van der Waals surface area contributed by atoms with Gasteiger partial charge in [-0.2, -0.15) is 0 Å². The number of thiazole rings is 1. The van der Waals surface area contributed by atoms with Gasteiger partial charge in [0.25, 0.3) is 6.43 Å². The van der Waals surface area contributed by atoms with E-state index in [0.717, 1.165) is 34.0 Å². The van der Waals surface area contributed by atoms with Crippen molar-refractivity contribution in [2.24, 2.45) is 10.9 Å². The number of rotatable bonds is 8. The van der Waals surface area contributed by atoms with E-state index in [1.165, 1.54) is 0 Å². The summed E-state index contributed by atoms with van der Waals surface area (Å²) < 4.78 is 32.4. The van der Waals surface area contributed by atoms with E-state index in [4.69, 9.17) is 4.74 Å². The normalized spacial score (nSPS) is 14.8. The minimum atomic E-state index is -2.65. The fourth-order valence-electron chi connectivity index (χ4n) is 3.96. The molecule has 176 valence electrons. The average Bonchev–Trinajstić information content (AvgIpc) is 3.49. The molecular formula is C25H24F2N4O2S. The van der Waals surface area contributed by atoms with E-state index >= 15 is 0 Å². The average molecular weight is 483 g/mol. The number of aliphatic imine (C=N–C) groups is 1. The third kappa shape index (κ3) is 4.44. The Hall–Kier alpha value is -3.20. The number of carbonyl (C=O) groups is 1. The second kappa shape index (κ2) is 8.87. The van der Waals surface area contributed by atoms with Crippen LogP contribution in [0.25, 0.3) is 10.6 Å². The number of nitrogens with zero attached hydrogens (tertiary/aromatic N) is 3. The van der Waals surface area contributed by atoms with Crippen molar-refractivity contribution in [2.75, 3.05) is 12.4 Å². The Morgan fingerprint density at radius 3 is 2.65 bits per heavy atom. The van der Waals surface area contributed by atoms with Crippen LogP contribution in [0.4, 0.5) is 25.8 Å². The lowest BCUT2D eigenvalue weighted by Gasteiger charge is -2.15. The summed E-state index contributed by atoms with van der Waals surface area (Å²) in [5.41, 5.74) is 4.31. The van der Waals surface area contributed by atoms with E-state index in [0.29, 0.717) is 34.2 Å². The van der Waals surface area contributed by atoms with Gasteiger partial charge >= 0.3 is 0 Å². The molecule has 0 atom stereocenters. The molecule has 0 radical (unpaired) electrons. The number of anilines is 2. The Morgan fingerprint density at radius 1 is 1.21 bits per heavy atom. The molecule has 0 unspecified atom stereocenters. The van der Waals surface area contributed by atoms with Gasteiger partial charge in [-0.05, 0) is 51.0 Å². The van der Waals surface area contributed by atoms with Crippen molar-refractivity contribution in [1.29, 1.82) is 0 Å². The Morgan fingerprint density at radius 2 is 2.00 bits per heavy atom. The monoisotopic (exact) mass is 482 g/mol. The molecule has 1 saturated carbocycles. The van der Waals surface area contributed by atoms with E-state index in [2.05, 4.69) is 20.3 Å². The van der Waals surface area contributed by atoms with Crippen molar-refractivity contribution in [3.05, 3.63) is 46.2 Å². The largest absolute Gasteiger partial charge is 0.495 e. The minimum Gasteiger partial charge on any atom is -0.495 e. The van der Waals surface area contributed by atoms with Crippen LogP contribution in [0.5, 0.6) is 5.75 Å². The van der Waals surface area contributed by atoms with Crippen LogP contribution >= 0.6 is 11.3 Å². The van der Waals surface area contributed by atoms with E-state index < -0.39 is 6.43 Å². The molecule has 6 nitrogen and oxygen atoms in total. The van der Waals surface area contributed by atoms with Crippen LogP contribution in [0.3, 0.4) is 0 Å². The Bertz CT molecular complexity index is 1290. The van der Waals surface area contributed by atoms with E-state index in [-0.39, 0.29) is 30.3 Å². The molecule has 1 aromatic carbocycles. The van der Waals surface area contributed by atoms with Gasteiger partial charge in [-0.25, -0.2) is 18.8 Å². The van der Waals surface area contributed by atoms with E-state index in [1.54, 1.807) is 24.5 Å². The molecule has 1 fully saturated rings. The summed E-state index contributed by atoms with van der Waals surface area (Å²) in [6, 6.07) is 7.44. The molecule has 34 heavy (non-hydrogen) atoms. The fourth-order valence-corrected chi connectivity index (χ4v) is 4.87. The van der Waals surface area contributed by atoms with Gasteiger partial charge in [0.2, 0.25) is 0 Å². The van der Waals surface area contributed by atoms with Crippen molar-refractivity contribution in [1.82, 2.24) is 9.97 Å². The van der Waals surface area contributed by atoms with Gasteiger partial charge in [-0.3, -0.25) is 9.78 Å². The van der Waals surface area contributed by atoms with Gasteiger partial charge in [0.15, 0.2) is 0 Å². The highest BCUT2D eigenvalue weighted by molar-refractivity contribution is 7.15. The predicted molar refractivity (Wildman–Crippen MR) is 129 cm³/mol. The number of alkyl halides is 2. The number of methoxy groups -OCH3 is 1. The highest BCUT2D eigenvalue weighted by atomic mass is 32.1. The zero-order valence-corrected chi connectivity index (χ0v) is 19.9. The van der Waals surface area contributed by atoms with Crippen LogP contribution in [0.15, 0.2) is 29.3 Å². The standard InChI is InChI=1S/C25H24F2N4O2S/c1-12-13(2)34-25(28-12)15-6-7-17(22(8-15)33-3)30-18-9-16(10-21(32)14-4-5-14)29-19-11-20(24(26)27)31-23(18)19/h6-9,14,24H,4-5,10-11H2,1-3H3,(H,29,30). The van der Waals surface area contributed by atoms with Gasteiger partial charge in [0, 0.05) is 29.2 Å². The first-order valence-electron chi connectivity index (χ1n) is 11.1. The summed E-state index contributed by atoms with van der Waals surface area (Å²) >= 11 is 1.61. The van der Waals surface area contributed by atoms with Crippen LogP contribution in [0, 0.1) is 19.8 Å². The molecule has 3 aromatic rings. The number of Topliss-reactive ketones (excluding diaryl/α,β-unsaturated/α-hetero) is 1. The van der Waals surface area contributed by atoms with Crippen LogP contribution in [-0.2, 0) is 17.6 Å². The Labute approximate surface area is 200 Å². The summed E-state index contributed by atoms with van der Waals surface area (Å²) in [7, 11) is 1.58. The van der Waals surface area contributed by atoms with Crippen LogP contribution in [-0.4, -0.2) is 35.0 Å². The van der Waals surface area contributed by atoms with E-state index in [9.17, 15) is 13.6 Å². The number of hydrogen-bond donors (Lipinski definition) is 1. The molecular weight excluding hydrogens is 458 g/mol. The first-order valence-corrected chi connectivity index (χ1v) is 11.9. The smallest absolute Gasteiger partial charge is 0.277 e. The Balaban J connectivity index is 1.50. The van der Waals surface area contributed by atoms with Crippen LogP contribution in [0.1, 0.15) is 34.8 Å². The van der Waals surface area contributed by atoms with Crippen molar-refractivity contribution < 1.29 is 18.3 Å². The maximum Gasteiger partial charge on any atom is 0.277 e. The van der Waals surface area contributed by atoms with Crippen molar-refractivity contribution in [2.45, 2.75) is 46.0 Å². The second-order valence-electron chi connectivity index (χ2n) is 8.66. The molecule has 2 aliphatic rings. The fraction of sp³-hybridized carbons (Fsp3) is 0.360. The summed E-state index contributed by atoms with van der Waals surface area (Å²) in [5, 5.41) is 4.19. The molecule has 1 N–H and O–H groups in total. The molecule has 0 saturated heterocycles. The number of nitrogens with one attached hydrogen (secondary N) is 1. The third-order valence-corrected chi connectivity index (χ3v) is 7.23.